The quantitative estimate of drug-likeness (QED) is 0.175. The van der Waals surface area contributed by atoms with Crippen LogP contribution in [0.5, 0.6) is 0 Å². The topological polar surface area (TPSA) is 51.2 Å². The average molecular weight is 450 g/mol. The van der Waals surface area contributed by atoms with Crippen LogP contribution in [0.4, 0.5) is 0 Å². The van der Waals surface area contributed by atoms with Gasteiger partial charge in [-0.3, -0.25) is 9.59 Å². The molecule has 0 aromatic carbocycles. The van der Waals surface area contributed by atoms with Gasteiger partial charge in [-0.2, -0.15) is 0 Å². The number of allylic oxidation sites excluding steroid dienone is 1. The normalized spacial score (nSPS) is 21.0. The fourth-order valence-corrected chi connectivity index (χ4v) is 2.45. The standard InChI is InChI=1S/C7H10O.C6H8O.C3H9OS.HI.Na.H/c8-6-2-1-3-7(6)4-5-7;1-5-3-2-4-6(5)7;1-5(2,3)4;;;/h1-5H2;1-4H2;1-3H3;1H;;/q;;+1;;+1;-1/p-1. The van der Waals surface area contributed by atoms with Crippen LogP contribution in [0.3, 0.4) is 0 Å². The first kappa shape index (κ1) is 25.2. The molecule has 0 atom stereocenters. The van der Waals surface area contributed by atoms with Crippen molar-refractivity contribution in [3.63, 3.8) is 0 Å². The van der Waals surface area contributed by atoms with Gasteiger partial charge in [-0.05, 0) is 44.1 Å². The summed E-state index contributed by atoms with van der Waals surface area (Å²) in [7, 11) is -1.42. The zero-order valence-corrected chi connectivity index (χ0v) is 19.3. The van der Waals surface area contributed by atoms with Gasteiger partial charge >= 0.3 is 29.6 Å². The summed E-state index contributed by atoms with van der Waals surface area (Å²) in [5, 5.41) is 0. The Kier molecular flexibility index (Phi) is 12.3. The van der Waals surface area contributed by atoms with E-state index in [1.165, 1.54) is 25.7 Å². The van der Waals surface area contributed by atoms with Crippen LogP contribution < -0.4 is 53.5 Å². The van der Waals surface area contributed by atoms with Crippen molar-refractivity contribution in [1.82, 2.24) is 0 Å². The molecule has 0 amide bonds. The minimum atomic E-state index is -1.42. The van der Waals surface area contributed by atoms with Crippen LogP contribution >= 0.6 is 0 Å². The molecule has 0 unspecified atom stereocenters. The first-order valence-electron chi connectivity index (χ1n) is 7.27. The molecule has 0 aliphatic heterocycles. The van der Waals surface area contributed by atoms with E-state index >= 15 is 0 Å². The van der Waals surface area contributed by atoms with Crippen molar-refractivity contribution in [1.29, 1.82) is 0 Å². The van der Waals surface area contributed by atoms with E-state index in [0.29, 0.717) is 5.78 Å². The molecule has 0 aromatic rings. The zero-order chi connectivity index (χ0) is 15.4. The predicted molar refractivity (Wildman–Crippen MR) is 85.5 cm³/mol. The molecule has 1 spiro atoms. The molecule has 3 rings (SSSR count). The predicted octanol–water partition coefficient (Wildman–Crippen LogP) is -2.69. The van der Waals surface area contributed by atoms with Crippen molar-refractivity contribution < 1.29 is 68.8 Å². The van der Waals surface area contributed by atoms with E-state index in [2.05, 4.69) is 6.58 Å². The van der Waals surface area contributed by atoms with Crippen molar-refractivity contribution in [3.8, 4) is 0 Å². The van der Waals surface area contributed by atoms with Crippen LogP contribution in [0.15, 0.2) is 12.2 Å². The molecule has 3 fully saturated rings. The van der Waals surface area contributed by atoms with Crippen molar-refractivity contribution in [2.75, 3.05) is 18.8 Å². The third-order valence-electron chi connectivity index (χ3n) is 3.78. The molecule has 3 nitrogen and oxygen atoms in total. The van der Waals surface area contributed by atoms with Crippen molar-refractivity contribution >= 4 is 21.5 Å². The Hall–Kier alpha value is 0.960. The summed E-state index contributed by atoms with van der Waals surface area (Å²) < 4.78 is 10.2. The van der Waals surface area contributed by atoms with Crippen LogP contribution in [0.25, 0.3) is 0 Å². The van der Waals surface area contributed by atoms with E-state index < -0.39 is 9.93 Å². The molecule has 124 valence electrons. The molecule has 0 aromatic heterocycles. The third kappa shape index (κ3) is 9.96. The molecule has 3 aliphatic rings. The van der Waals surface area contributed by atoms with E-state index in [1.54, 1.807) is 18.8 Å². The van der Waals surface area contributed by atoms with Gasteiger partial charge in [0.05, 0.1) is 9.93 Å². The molecule has 6 heteroatoms. The summed E-state index contributed by atoms with van der Waals surface area (Å²) in [5.41, 5.74) is 1.08. The van der Waals surface area contributed by atoms with Crippen molar-refractivity contribution in [2.45, 2.75) is 51.4 Å². The Balaban J connectivity index is -0.000000252. The Morgan fingerprint density at radius 1 is 1.00 bits per heavy atom. The number of rotatable bonds is 0. The van der Waals surface area contributed by atoms with Crippen LogP contribution in [0, 0.1) is 5.41 Å². The molecule has 0 N–H and O–H groups in total. The molecule has 22 heavy (non-hydrogen) atoms. The van der Waals surface area contributed by atoms with Crippen molar-refractivity contribution in [3.05, 3.63) is 12.2 Å². The third-order valence-corrected chi connectivity index (χ3v) is 3.78. The maximum atomic E-state index is 11.0. The van der Waals surface area contributed by atoms with E-state index in [4.69, 9.17) is 0 Å². The number of ketones is 2. The van der Waals surface area contributed by atoms with Gasteiger partial charge in [0.25, 0.3) is 0 Å². The van der Waals surface area contributed by atoms with Crippen LogP contribution in [-0.2, 0) is 23.7 Å². The molecular weight excluding hydrogens is 422 g/mol. The maximum Gasteiger partial charge on any atom is 1.00 e. The second-order valence-electron chi connectivity index (χ2n) is 6.66. The molecular formula is C16H28INaO3S. The van der Waals surface area contributed by atoms with Gasteiger partial charge in [-0.15, -0.1) is 4.21 Å². The minimum absolute atomic E-state index is 0. The molecule has 3 saturated carbocycles. The van der Waals surface area contributed by atoms with Gasteiger partial charge in [0.1, 0.15) is 24.6 Å². The zero-order valence-electron chi connectivity index (χ0n) is 15.4. The number of halogens is 1. The number of hydrogen-bond donors (Lipinski definition) is 0. The largest absolute Gasteiger partial charge is 1.00 e. The second kappa shape index (κ2) is 10.7. The molecule has 0 radical (unpaired) electrons. The fourth-order valence-electron chi connectivity index (χ4n) is 2.45. The van der Waals surface area contributed by atoms with Gasteiger partial charge in [-0.25, -0.2) is 0 Å². The summed E-state index contributed by atoms with van der Waals surface area (Å²) in [4.78, 5) is 21.4. The van der Waals surface area contributed by atoms with E-state index in [-0.39, 0.29) is 66.2 Å². The Labute approximate surface area is 176 Å². The average Bonchev–Trinajstić information content (AvgIpc) is 2.87. The van der Waals surface area contributed by atoms with Gasteiger partial charge in [0.2, 0.25) is 0 Å². The van der Waals surface area contributed by atoms with Gasteiger partial charge in [0, 0.05) is 18.3 Å². The smallest absolute Gasteiger partial charge is 1.00 e. The molecule has 3 aliphatic carbocycles. The van der Waals surface area contributed by atoms with Gasteiger partial charge in [-0.1, -0.05) is 6.58 Å². The summed E-state index contributed by atoms with van der Waals surface area (Å²) >= 11 is 0. The van der Waals surface area contributed by atoms with E-state index in [1.807, 2.05) is 0 Å². The summed E-state index contributed by atoms with van der Waals surface area (Å²) in [6.07, 6.45) is 13.5. The number of carbonyl (C=O) groups is 2. The minimum Gasteiger partial charge on any atom is -1.00 e. The van der Waals surface area contributed by atoms with Crippen LogP contribution in [0.2, 0.25) is 0 Å². The summed E-state index contributed by atoms with van der Waals surface area (Å²) in [6, 6.07) is 0. The SMILES string of the molecule is C=C1CCCC1=O.C[S+](C)(C)=O.O=C1CCCC12CC2.[H-].[I-].[Na+]. The summed E-state index contributed by atoms with van der Waals surface area (Å²) in [6.45, 7) is 3.59. The first-order valence-corrected chi connectivity index (χ1v) is 10.1. The molecule has 0 heterocycles. The van der Waals surface area contributed by atoms with Crippen LogP contribution in [-0.4, -0.2) is 30.3 Å². The second-order valence-corrected chi connectivity index (χ2v) is 10.1. The van der Waals surface area contributed by atoms with Gasteiger partial charge < -0.3 is 25.4 Å². The van der Waals surface area contributed by atoms with Crippen LogP contribution in [0.1, 0.15) is 52.8 Å². The molecule has 0 bridgehead atoms. The molecule has 0 saturated heterocycles. The fraction of sp³-hybridized carbons (Fsp3) is 0.750. The van der Waals surface area contributed by atoms with Gasteiger partial charge in [0.15, 0.2) is 5.78 Å². The van der Waals surface area contributed by atoms with E-state index in [0.717, 1.165) is 31.3 Å². The van der Waals surface area contributed by atoms with Crippen molar-refractivity contribution in [2.24, 2.45) is 5.41 Å². The monoisotopic (exact) mass is 450 g/mol. The first-order chi connectivity index (χ1) is 9.14. The number of hydrogen-bond acceptors (Lipinski definition) is 3. The van der Waals surface area contributed by atoms with E-state index in [9.17, 15) is 13.8 Å². The Morgan fingerprint density at radius 3 is 1.64 bits per heavy atom. The number of carbonyl (C=O) groups excluding carboxylic acids is 2. The number of Topliss-reactive ketones (excluding diaryl/α,β-unsaturated/α-hetero) is 2. The maximum absolute atomic E-state index is 11.0. The summed E-state index contributed by atoms with van der Waals surface area (Å²) in [5.74, 6) is 0.817. The Morgan fingerprint density at radius 2 is 1.50 bits per heavy atom. The Bertz CT molecular complexity index is 436.